The number of rotatable bonds is 4. The van der Waals surface area contributed by atoms with Crippen molar-refractivity contribution in [3.8, 4) is 0 Å². The van der Waals surface area contributed by atoms with Crippen LogP contribution in [-0.4, -0.2) is 22.8 Å². The van der Waals surface area contributed by atoms with Crippen molar-refractivity contribution in [3.05, 3.63) is 70.7 Å². The number of halogens is 3. The Morgan fingerprint density at radius 1 is 1.12 bits per heavy atom. The fraction of sp³-hybridized carbons (Fsp3) is 0.250. The molecule has 3 nitrogen and oxygen atoms in total. The van der Waals surface area contributed by atoms with Crippen molar-refractivity contribution < 1.29 is 18.0 Å². The van der Waals surface area contributed by atoms with Gasteiger partial charge in [0.15, 0.2) is 11.6 Å². The lowest BCUT2D eigenvalue weighted by Crippen LogP contribution is -2.31. The summed E-state index contributed by atoms with van der Waals surface area (Å²) in [6.45, 7) is 3.58. The highest BCUT2D eigenvalue weighted by molar-refractivity contribution is 5.90. The molecule has 0 aliphatic rings. The predicted octanol–water partition coefficient (Wildman–Crippen LogP) is 4.66. The fourth-order valence-electron chi connectivity index (χ4n) is 3.07. The molecule has 0 saturated heterocycles. The summed E-state index contributed by atoms with van der Waals surface area (Å²) in [6.07, 6.45) is 0.0831. The number of H-pyrrole nitrogens is 1. The maximum absolute atomic E-state index is 13.6. The summed E-state index contributed by atoms with van der Waals surface area (Å²) in [7, 11) is 1.61. The molecule has 1 unspecified atom stereocenters. The van der Waals surface area contributed by atoms with Crippen LogP contribution in [0.1, 0.15) is 29.8 Å². The zero-order chi connectivity index (χ0) is 19.0. The first kappa shape index (κ1) is 18.0. The van der Waals surface area contributed by atoms with Gasteiger partial charge in [-0.2, -0.15) is 0 Å². The molecule has 1 amide bonds. The Morgan fingerprint density at radius 3 is 2.54 bits per heavy atom. The van der Waals surface area contributed by atoms with E-state index in [4.69, 9.17) is 0 Å². The molecule has 0 radical (unpaired) electrons. The quantitative estimate of drug-likeness (QED) is 0.722. The van der Waals surface area contributed by atoms with Crippen molar-refractivity contribution >= 4 is 16.8 Å². The van der Waals surface area contributed by atoms with Crippen molar-refractivity contribution in [2.75, 3.05) is 7.05 Å². The van der Waals surface area contributed by atoms with E-state index in [1.54, 1.807) is 20.0 Å². The molecular weight excluding hydrogens is 341 g/mol. The maximum Gasteiger partial charge on any atom is 0.227 e. The minimum Gasteiger partial charge on any atom is -0.358 e. The van der Waals surface area contributed by atoms with Crippen molar-refractivity contribution in [3.63, 3.8) is 0 Å². The summed E-state index contributed by atoms with van der Waals surface area (Å²) >= 11 is 0. The summed E-state index contributed by atoms with van der Waals surface area (Å²) in [4.78, 5) is 17.3. The summed E-state index contributed by atoms with van der Waals surface area (Å²) in [5.41, 5.74) is 2.80. The van der Waals surface area contributed by atoms with E-state index in [0.29, 0.717) is 10.9 Å². The molecule has 0 aliphatic heterocycles. The molecular formula is C20H19F3N2O. The van der Waals surface area contributed by atoms with E-state index in [1.807, 2.05) is 6.92 Å². The molecule has 1 atom stereocenters. The summed E-state index contributed by atoms with van der Waals surface area (Å²) < 4.78 is 40.1. The monoisotopic (exact) mass is 360 g/mol. The highest BCUT2D eigenvalue weighted by Crippen LogP contribution is 2.26. The number of aromatic amines is 1. The number of fused-ring (bicyclic) bond motifs is 1. The highest BCUT2D eigenvalue weighted by atomic mass is 19.2. The minimum absolute atomic E-state index is 0.0831. The third-order valence-corrected chi connectivity index (χ3v) is 4.81. The van der Waals surface area contributed by atoms with Crippen LogP contribution < -0.4 is 0 Å². The largest absolute Gasteiger partial charge is 0.358 e. The number of hydrogen-bond donors (Lipinski definition) is 1. The van der Waals surface area contributed by atoms with E-state index in [0.717, 1.165) is 28.9 Å². The van der Waals surface area contributed by atoms with Gasteiger partial charge in [0, 0.05) is 23.6 Å². The van der Waals surface area contributed by atoms with Gasteiger partial charge in [-0.1, -0.05) is 6.07 Å². The van der Waals surface area contributed by atoms with Crippen LogP contribution in [0, 0.1) is 24.4 Å². The van der Waals surface area contributed by atoms with E-state index in [2.05, 4.69) is 4.98 Å². The summed E-state index contributed by atoms with van der Waals surface area (Å²) in [5.74, 6) is -2.44. The van der Waals surface area contributed by atoms with Crippen LogP contribution in [-0.2, 0) is 11.2 Å². The van der Waals surface area contributed by atoms with Crippen molar-refractivity contribution in [2.45, 2.75) is 26.3 Å². The molecule has 6 heteroatoms. The van der Waals surface area contributed by atoms with Crippen LogP contribution in [0.15, 0.2) is 36.4 Å². The molecule has 1 heterocycles. The third kappa shape index (κ3) is 3.31. The number of benzene rings is 2. The van der Waals surface area contributed by atoms with Gasteiger partial charge >= 0.3 is 0 Å². The number of nitrogens with one attached hydrogen (secondary N) is 1. The molecule has 26 heavy (non-hydrogen) atoms. The lowest BCUT2D eigenvalue weighted by molar-refractivity contribution is -0.131. The molecule has 3 aromatic rings. The third-order valence-electron chi connectivity index (χ3n) is 4.81. The Balaban J connectivity index is 1.84. The van der Waals surface area contributed by atoms with E-state index < -0.39 is 17.7 Å². The molecule has 0 spiro atoms. The molecule has 2 aromatic carbocycles. The fourth-order valence-corrected chi connectivity index (χ4v) is 3.07. The lowest BCUT2D eigenvalue weighted by Gasteiger charge is -2.25. The molecule has 1 N–H and O–H groups in total. The van der Waals surface area contributed by atoms with E-state index in [1.165, 1.54) is 23.1 Å². The molecule has 136 valence electrons. The van der Waals surface area contributed by atoms with Crippen LogP contribution >= 0.6 is 0 Å². The van der Waals surface area contributed by atoms with Crippen LogP contribution in [0.5, 0.6) is 0 Å². The first-order valence-electron chi connectivity index (χ1n) is 8.25. The molecule has 3 rings (SSSR count). The lowest BCUT2D eigenvalue weighted by atomic mass is 10.0. The van der Waals surface area contributed by atoms with Gasteiger partial charge in [-0.05, 0) is 55.3 Å². The highest BCUT2D eigenvalue weighted by Gasteiger charge is 2.21. The normalized spacial score (nSPS) is 12.4. The van der Waals surface area contributed by atoms with Crippen LogP contribution in [0.2, 0.25) is 0 Å². The van der Waals surface area contributed by atoms with Crippen LogP contribution in [0.3, 0.4) is 0 Å². The minimum atomic E-state index is -0.946. The van der Waals surface area contributed by atoms with E-state index >= 15 is 0 Å². The predicted molar refractivity (Wildman–Crippen MR) is 94.2 cm³/mol. The van der Waals surface area contributed by atoms with Gasteiger partial charge in [0.1, 0.15) is 5.82 Å². The number of carbonyl (C=O) groups excluding carboxylic acids is 1. The molecule has 1 aromatic heterocycles. The van der Waals surface area contributed by atoms with Gasteiger partial charge in [0.25, 0.3) is 0 Å². The molecule has 0 saturated carbocycles. The zero-order valence-corrected chi connectivity index (χ0v) is 14.7. The smallest absolute Gasteiger partial charge is 0.227 e. The van der Waals surface area contributed by atoms with Crippen molar-refractivity contribution in [1.82, 2.24) is 9.88 Å². The average Bonchev–Trinajstić information content (AvgIpc) is 2.91. The SMILES string of the molecule is Cc1[nH]c2ccc(F)cc2c1CC(=O)N(C)C(C)c1ccc(F)c(F)c1. The average molecular weight is 360 g/mol. The Bertz CT molecular complexity index is 981. The summed E-state index contributed by atoms with van der Waals surface area (Å²) in [5, 5.41) is 0.671. The van der Waals surface area contributed by atoms with Crippen LogP contribution in [0.4, 0.5) is 13.2 Å². The van der Waals surface area contributed by atoms with E-state index in [9.17, 15) is 18.0 Å². The van der Waals surface area contributed by atoms with E-state index in [-0.39, 0.29) is 18.1 Å². The second kappa shape index (κ2) is 6.86. The first-order chi connectivity index (χ1) is 12.3. The van der Waals surface area contributed by atoms with Gasteiger partial charge in [0.05, 0.1) is 12.5 Å². The molecule has 0 fully saturated rings. The molecule has 0 aliphatic carbocycles. The second-order valence-corrected chi connectivity index (χ2v) is 6.45. The topological polar surface area (TPSA) is 36.1 Å². The van der Waals surface area contributed by atoms with Crippen LogP contribution in [0.25, 0.3) is 10.9 Å². The van der Waals surface area contributed by atoms with Gasteiger partial charge in [0.2, 0.25) is 5.91 Å². The maximum atomic E-state index is 13.6. The van der Waals surface area contributed by atoms with Gasteiger partial charge in [-0.25, -0.2) is 13.2 Å². The number of aryl methyl sites for hydroxylation is 1. The Labute approximate surface area is 149 Å². The number of nitrogens with zero attached hydrogens (tertiary/aromatic N) is 1. The number of aromatic nitrogens is 1. The Kier molecular flexibility index (Phi) is 4.76. The van der Waals surface area contributed by atoms with Gasteiger partial charge < -0.3 is 9.88 Å². The Hall–Kier alpha value is -2.76. The van der Waals surface area contributed by atoms with Gasteiger partial charge in [-0.15, -0.1) is 0 Å². The van der Waals surface area contributed by atoms with Gasteiger partial charge in [-0.3, -0.25) is 4.79 Å². The van der Waals surface area contributed by atoms with Crippen molar-refractivity contribution in [1.29, 1.82) is 0 Å². The zero-order valence-electron chi connectivity index (χ0n) is 14.7. The molecule has 0 bridgehead atoms. The number of carbonyl (C=O) groups is 1. The number of amides is 1. The standard InChI is InChI=1S/C20H19F3N2O/c1-11-15(16-9-14(21)5-7-19(16)24-11)10-20(26)25(3)12(2)13-4-6-17(22)18(23)8-13/h4-9,12,24H,10H2,1-3H3. The summed E-state index contributed by atoms with van der Waals surface area (Å²) in [6, 6.07) is 7.57. The number of likely N-dealkylation sites (N-methyl/N-ethyl adjacent to an activating group) is 1. The first-order valence-corrected chi connectivity index (χ1v) is 8.25. The Morgan fingerprint density at radius 2 is 1.85 bits per heavy atom. The second-order valence-electron chi connectivity index (χ2n) is 6.45. The van der Waals surface area contributed by atoms with Crippen molar-refractivity contribution in [2.24, 2.45) is 0 Å². The number of hydrogen-bond acceptors (Lipinski definition) is 1.